The van der Waals surface area contributed by atoms with E-state index in [1.165, 1.54) is 5.56 Å². The SMILES string of the molecule is Cc1cc(Br)cc(NC(C)CNC(=O)OC(C)(C)C)c1. The molecule has 20 heavy (non-hydrogen) atoms. The molecule has 0 aromatic heterocycles. The second-order valence-electron chi connectivity index (χ2n) is 5.95. The summed E-state index contributed by atoms with van der Waals surface area (Å²) < 4.78 is 6.23. The molecule has 5 heteroatoms. The maximum absolute atomic E-state index is 11.6. The molecule has 0 aliphatic rings. The van der Waals surface area contributed by atoms with Gasteiger partial charge in [0.05, 0.1) is 0 Å². The van der Waals surface area contributed by atoms with Crippen LogP contribution in [0.1, 0.15) is 33.3 Å². The highest BCUT2D eigenvalue weighted by Crippen LogP contribution is 2.19. The van der Waals surface area contributed by atoms with E-state index in [1.54, 1.807) is 0 Å². The summed E-state index contributed by atoms with van der Waals surface area (Å²) >= 11 is 3.47. The van der Waals surface area contributed by atoms with E-state index >= 15 is 0 Å². The highest BCUT2D eigenvalue weighted by molar-refractivity contribution is 9.10. The molecule has 1 amide bonds. The lowest BCUT2D eigenvalue weighted by Crippen LogP contribution is -2.38. The number of alkyl carbamates (subject to hydrolysis) is 1. The summed E-state index contributed by atoms with van der Waals surface area (Å²) in [5.41, 5.74) is 1.73. The zero-order valence-corrected chi connectivity index (χ0v) is 14.3. The Morgan fingerprint density at radius 1 is 1.35 bits per heavy atom. The van der Waals surface area contributed by atoms with E-state index in [9.17, 15) is 4.79 Å². The number of carbonyl (C=O) groups is 1. The zero-order valence-electron chi connectivity index (χ0n) is 12.7. The van der Waals surface area contributed by atoms with Gasteiger partial charge in [-0.1, -0.05) is 15.9 Å². The molecule has 0 fully saturated rings. The standard InChI is InChI=1S/C15H23BrN2O2/c1-10-6-12(16)8-13(7-10)18-11(2)9-17-14(19)20-15(3,4)5/h6-8,11,18H,9H2,1-5H3,(H,17,19). The largest absolute Gasteiger partial charge is 0.444 e. The number of amides is 1. The molecule has 112 valence electrons. The maximum atomic E-state index is 11.6. The Kier molecular flexibility index (Phi) is 5.87. The number of nitrogens with one attached hydrogen (secondary N) is 2. The monoisotopic (exact) mass is 342 g/mol. The summed E-state index contributed by atoms with van der Waals surface area (Å²) in [6, 6.07) is 6.23. The molecule has 4 nitrogen and oxygen atoms in total. The minimum atomic E-state index is -0.470. The Morgan fingerprint density at radius 3 is 2.55 bits per heavy atom. The molecule has 2 N–H and O–H groups in total. The van der Waals surface area contributed by atoms with Crippen molar-refractivity contribution < 1.29 is 9.53 Å². The lowest BCUT2D eigenvalue weighted by molar-refractivity contribution is 0.0526. The van der Waals surface area contributed by atoms with Gasteiger partial charge in [-0.25, -0.2) is 4.79 Å². The third-order valence-electron chi connectivity index (χ3n) is 2.41. The van der Waals surface area contributed by atoms with E-state index < -0.39 is 11.7 Å². The molecule has 0 heterocycles. The van der Waals surface area contributed by atoms with E-state index in [2.05, 4.69) is 38.7 Å². The molecule has 0 spiro atoms. The first-order valence-electron chi connectivity index (χ1n) is 6.66. The van der Waals surface area contributed by atoms with Gasteiger partial charge in [0.1, 0.15) is 5.60 Å². The normalized spacial score (nSPS) is 12.7. The van der Waals surface area contributed by atoms with Crippen LogP contribution in [0.25, 0.3) is 0 Å². The predicted molar refractivity (Wildman–Crippen MR) is 86.2 cm³/mol. The van der Waals surface area contributed by atoms with Crippen LogP contribution in [0.5, 0.6) is 0 Å². The summed E-state index contributed by atoms with van der Waals surface area (Å²) in [6.45, 7) is 10.1. The average molecular weight is 343 g/mol. The van der Waals surface area contributed by atoms with Crippen LogP contribution in [0.4, 0.5) is 10.5 Å². The molecule has 1 atom stereocenters. The fourth-order valence-electron chi connectivity index (χ4n) is 1.71. The molecule has 0 saturated heterocycles. The van der Waals surface area contributed by atoms with Crippen LogP contribution < -0.4 is 10.6 Å². The Morgan fingerprint density at radius 2 is 2.00 bits per heavy atom. The number of carbonyl (C=O) groups excluding carboxylic acids is 1. The number of anilines is 1. The molecular weight excluding hydrogens is 320 g/mol. The number of aryl methyl sites for hydroxylation is 1. The summed E-state index contributed by atoms with van der Waals surface area (Å²) in [4.78, 5) is 11.6. The second-order valence-corrected chi connectivity index (χ2v) is 6.86. The van der Waals surface area contributed by atoms with Crippen molar-refractivity contribution in [2.45, 2.75) is 46.3 Å². The van der Waals surface area contributed by atoms with Crippen LogP contribution in [0.3, 0.4) is 0 Å². The van der Waals surface area contributed by atoms with Crippen molar-refractivity contribution in [3.05, 3.63) is 28.2 Å². The van der Waals surface area contributed by atoms with E-state index in [4.69, 9.17) is 4.74 Å². The lowest BCUT2D eigenvalue weighted by Gasteiger charge is -2.21. The van der Waals surface area contributed by atoms with Crippen LogP contribution in [0, 0.1) is 6.92 Å². The number of halogens is 1. The van der Waals surface area contributed by atoms with Crippen molar-refractivity contribution in [1.29, 1.82) is 0 Å². The van der Waals surface area contributed by atoms with Crippen molar-refractivity contribution in [2.75, 3.05) is 11.9 Å². The first-order valence-corrected chi connectivity index (χ1v) is 7.45. The highest BCUT2D eigenvalue weighted by Gasteiger charge is 2.16. The van der Waals surface area contributed by atoms with Crippen LogP contribution in [-0.2, 0) is 4.74 Å². The van der Waals surface area contributed by atoms with Gasteiger partial charge in [0.25, 0.3) is 0 Å². The number of hydrogen-bond acceptors (Lipinski definition) is 3. The predicted octanol–water partition coefficient (Wildman–Crippen LogP) is 4.08. The van der Waals surface area contributed by atoms with Gasteiger partial charge in [-0.15, -0.1) is 0 Å². The van der Waals surface area contributed by atoms with Crippen molar-refractivity contribution in [3.63, 3.8) is 0 Å². The topological polar surface area (TPSA) is 50.4 Å². The molecule has 1 aromatic rings. The first-order chi connectivity index (χ1) is 9.15. The number of benzene rings is 1. The molecule has 1 unspecified atom stereocenters. The Labute approximate surface area is 129 Å². The molecule has 0 bridgehead atoms. The molecule has 0 aliphatic carbocycles. The minimum absolute atomic E-state index is 0.108. The van der Waals surface area contributed by atoms with E-state index in [0.29, 0.717) is 6.54 Å². The quantitative estimate of drug-likeness (QED) is 0.866. The molecule has 1 aromatic carbocycles. The third-order valence-corrected chi connectivity index (χ3v) is 2.86. The molecule has 0 radical (unpaired) electrons. The van der Waals surface area contributed by atoms with Gasteiger partial charge in [-0.2, -0.15) is 0 Å². The fraction of sp³-hybridized carbons (Fsp3) is 0.533. The lowest BCUT2D eigenvalue weighted by atomic mass is 10.2. The smallest absolute Gasteiger partial charge is 0.407 e. The van der Waals surface area contributed by atoms with E-state index in [-0.39, 0.29) is 6.04 Å². The van der Waals surface area contributed by atoms with Gasteiger partial charge >= 0.3 is 6.09 Å². The van der Waals surface area contributed by atoms with Crippen molar-refractivity contribution in [2.24, 2.45) is 0 Å². The summed E-state index contributed by atoms with van der Waals surface area (Å²) in [6.07, 6.45) is -0.392. The summed E-state index contributed by atoms with van der Waals surface area (Å²) in [5, 5.41) is 6.09. The molecule has 1 rings (SSSR count). The highest BCUT2D eigenvalue weighted by atomic mass is 79.9. The van der Waals surface area contributed by atoms with Gasteiger partial charge in [-0.3, -0.25) is 0 Å². The second kappa shape index (κ2) is 6.97. The van der Waals surface area contributed by atoms with Crippen molar-refractivity contribution in [3.8, 4) is 0 Å². The van der Waals surface area contributed by atoms with Crippen LogP contribution >= 0.6 is 15.9 Å². The Balaban J connectivity index is 2.44. The van der Waals surface area contributed by atoms with E-state index in [1.807, 2.05) is 40.7 Å². The number of rotatable bonds is 4. The summed E-state index contributed by atoms with van der Waals surface area (Å²) in [5.74, 6) is 0. The zero-order chi connectivity index (χ0) is 15.3. The van der Waals surface area contributed by atoms with Gasteiger partial charge in [0.2, 0.25) is 0 Å². The minimum Gasteiger partial charge on any atom is -0.444 e. The van der Waals surface area contributed by atoms with Gasteiger partial charge in [0.15, 0.2) is 0 Å². The maximum Gasteiger partial charge on any atom is 0.407 e. The van der Waals surface area contributed by atoms with Gasteiger partial charge in [-0.05, 0) is 58.4 Å². The Bertz CT molecular complexity index is 449. The van der Waals surface area contributed by atoms with Crippen molar-refractivity contribution >= 4 is 27.7 Å². The van der Waals surface area contributed by atoms with Crippen LogP contribution in [0.2, 0.25) is 0 Å². The fourth-order valence-corrected chi connectivity index (χ4v) is 2.31. The van der Waals surface area contributed by atoms with E-state index in [0.717, 1.165) is 10.2 Å². The third kappa shape index (κ3) is 6.80. The number of hydrogen-bond donors (Lipinski definition) is 2. The van der Waals surface area contributed by atoms with Crippen LogP contribution in [0.15, 0.2) is 22.7 Å². The molecule has 0 saturated carbocycles. The number of ether oxygens (including phenoxy) is 1. The molecule has 0 aliphatic heterocycles. The summed E-state index contributed by atoms with van der Waals surface area (Å²) in [7, 11) is 0. The molecular formula is C15H23BrN2O2. The van der Waals surface area contributed by atoms with Crippen LogP contribution in [-0.4, -0.2) is 24.3 Å². The van der Waals surface area contributed by atoms with Crippen molar-refractivity contribution in [1.82, 2.24) is 5.32 Å². The van der Waals surface area contributed by atoms with Gasteiger partial charge < -0.3 is 15.4 Å². The first kappa shape index (κ1) is 16.8. The average Bonchev–Trinajstić information content (AvgIpc) is 2.22. The Hall–Kier alpha value is -1.23. The van der Waals surface area contributed by atoms with Gasteiger partial charge in [0, 0.05) is 22.7 Å².